The number of benzene rings is 1. The SMILES string of the molecule is COc1cc2cc(c1Cl)N(C)C(=O)CC[C@]1(C)O[C@H]1[C@H](C)[C@@H]1C[C@H](C/C=C/C=C(\C)C2)NC(=O)O1. The molecule has 0 spiro atoms. The van der Waals surface area contributed by atoms with Gasteiger partial charge in [-0.15, -0.1) is 0 Å². The number of hydrogen-bond acceptors (Lipinski definition) is 5. The summed E-state index contributed by atoms with van der Waals surface area (Å²) in [6, 6.07) is 3.88. The number of epoxide rings is 1. The zero-order valence-corrected chi connectivity index (χ0v) is 21.9. The van der Waals surface area contributed by atoms with Crippen molar-refractivity contribution in [1.82, 2.24) is 5.32 Å². The van der Waals surface area contributed by atoms with Gasteiger partial charge in [0.05, 0.1) is 24.5 Å². The largest absolute Gasteiger partial charge is 0.495 e. The third-order valence-corrected chi connectivity index (χ3v) is 7.77. The van der Waals surface area contributed by atoms with Crippen LogP contribution in [-0.2, 0) is 20.7 Å². The van der Waals surface area contributed by atoms with E-state index in [0.29, 0.717) is 35.7 Å². The average molecular weight is 503 g/mol. The molecule has 1 aromatic carbocycles. The molecule has 0 radical (unpaired) electrons. The lowest BCUT2D eigenvalue weighted by Crippen LogP contribution is -2.48. The molecular formula is C27H35ClN2O5. The van der Waals surface area contributed by atoms with E-state index in [1.807, 2.05) is 25.1 Å². The molecule has 3 aliphatic rings. The molecule has 0 aromatic heterocycles. The predicted molar refractivity (Wildman–Crippen MR) is 136 cm³/mol. The lowest BCUT2D eigenvalue weighted by molar-refractivity contribution is -0.118. The fourth-order valence-corrected chi connectivity index (χ4v) is 5.48. The van der Waals surface area contributed by atoms with Crippen LogP contribution < -0.4 is 15.0 Å². The molecule has 190 valence electrons. The number of anilines is 1. The molecule has 3 heterocycles. The highest BCUT2D eigenvalue weighted by Crippen LogP contribution is 2.47. The molecule has 7 nitrogen and oxygen atoms in total. The van der Waals surface area contributed by atoms with Gasteiger partial charge in [0.15, 0.2) is 0 Å². The Morgan fingerprint density at radius 2 is 2.06 bits per heavy atom. The molecule has 5 atom stereocenters. The van der Waals surface area contributed by atoms with Gasteiger partial charge in [0.1, 0.15) is 16.9 Å². The Morgan fingerprint density at radius 1 is 1.29 bits per heavy atom. The van der Waals surface area contributed by atoms with Gasteiger partial charge in [-0.05, 0) is 50.8 Å². The first kappa shape index (κ1) is 25.6. The Hall–Kier alpha value is -2.51. The topological polar surface area (TPSA) is 80.4 Å². The number of rotatable bonds is 1. The molecule has 3 aliphatic heterocycles. The standard InChI is InChI=1S/C27H35ClN2O5/c1-16-8-6-7-9-19-15-21(34-26(32)29-19)17(2)25-27(3,35-25)11-10-23(31)30(4)20-13-18(12-16)14-22(33-5)24(20)28/h6-8,13-14,17,19,21,25H,9-12,15H2,1-5H3,(H,29,32)/b7-6+,16-8+/t17-,19+,21+,25+,27+/m1/s1. The number of halogens is 1. The first-order valence-corrected chi connectivity index (χ1v) is 12.6. The maximum absolute atomic E-state index is 13.2. The highest BCUT2D eigenvalue weighted by Gasteiger charge is 2.57. The Bertz CT molecular complexity index is 1050. The number of amides is 2. The number of fused-ring (bicyclic) bond motifs is 5. The summed E-state index contributed by atoms with van der Waals surface area (Å²) in [4.78, 5) is 27.0. The van der Waals surface area contributed by atoms with Crippen molar-refractivity contribution in [1.29, 1.82) is 0 Å². The average Bonchev–Trinajstić information content (AvgIpc) is 3.50. The maximum Gasteiger partial charge on any atom is 0.407 e. The number of methoxy groups -OCH3 is 1. The maximum atomic E-state index is 13.2. The van der Waals surface area contributed by atoms with Crippen LogP contribution in [0.5, 0.6) is 5.75 Å². The third kappa shape index (κ3) is 5.67. The van der Waals surface area contributed by atoms with Crippen LogP contribution in [0.1, 0.15) is 52.0 Å². The van der Waals surface area contributed by atoms with Crippen molar-refractivity contribution in [2.75, 3.05) is 19.1 Å². The lowest BCUT2D eigenvalue weighted by Gasteiger charge is -2.33. The fraction of sp³-hybridized carbons (Fsp3) is 0.556. The first-order chi connectivity index (χ1) is 16.6. The molecule has 2 fully saturated rings. The number of ether oxygens (including phenoxy) is 3. The van der Waals surface area contributed by atoms with Crippen LogP contribution in [-0.4, -0.2) is 50.0 Å². The number of nitrogens with one attached hydrogen (secondary N) is 1. The summed E-state index contributed by atoms with van der Waals surface area (Å²) in [6.45, 7) is 6.15. The van der Waals surface area contributed by atoms with E-state index in [1.165, 1.54) is 0 Å². The second-order valence-corrected chi connectivity index (χ2v) is 10.5. The molecule has 8 heteroatoms. The monoisotopic (exact) mass is 502 g/mol. The molecular weight excluding hydrogens is 468 g/mol. The van der Waals surface area contributed by atoms with Crippen LogP contribution in [0.4, 0.5) is 10.5 Å². The number of carbonyl (C=O) groups excluding carboxylic acids is 2. The van der Waals surface area contributed by atoms with E-state index in [-0.39, 0.29) is 36.2 Å². The molecule has 35 heavy (non-hydrogen) atoms. The molecule has 0 aliphatic carbocycles. The van der Waals surface area contributed by atoms with Crippen LogP contribution in [0.2, 0.25) is 5.02 Å². The van der Waals surface area contributed by atoms with E-state index in [2.05, 4.69) is 31.3 Å². The third-order valence-electron chi connectivity index (χ3n) is 7.39. The zero-order chi connectivity index (χ0) is 25.3. The second-order valence-electron chi connectivity index (χ2n) is 10.2. The van der Waals surface area contributed by atoms with Crippen LogP contribution >= 0.6 is 11.6 Å². The molecule has 2 saturated heterocycles. The Balaban J connectivity index is 1.63. The van der Waals surface area contributed by atoms with E-state index < -0.39 is 5.60 Å². The van der Waals surface area contributed by atoms with Crippen LogP contribution in [0.25, 0.3) is 0 Å². The van der Waals surface area contributed by atoms with E-state index in [0.717, 1.165) is 24.0 Å². The van der Waals surface area contributed by atoms with Gasteiger partial charge in [0, 0.05) is 31.8 Å². The Kier molecular flexibility index (Phi) is 7.48. The highest BCUT2D eigenvalue weighted by atomic mass is 35.5. The summed E-state index contributed by atoms with van der Waals surface area (Å²) >= 11 is 6.60. The van der Waals surface area contributed by atoms with Crippen molar-refractivity contribution in [3.8, 4) is 5.75 Å². The van der Waals surface area contributed by atoms with Crippen LogP contribution in [0.3, 0.4) is 0 Å². The summed E-state index contributed by atoms with van der Waals surface area (Å²) in [5.41, 5.74) is 2.37. The summed E-state index contributed by atoms with van der Waals surface area (Å²) in [5.74, 6) is 0.531. The van der Waals surface area contributed by atoms with Gasteiger partial charge in [0.2, 0.25) is 5.91 Å². The smallest absolute Gasteiger partial charge is 0.407 e. The summed E-state index contributed by atoms with van der Waals surface area (Å²) in [6.07, 6.45) is 8.53. The van der Waals surface area contributed by atoms with Crippen molar-refractivity contribution in [3.63, 3.8) is 0 Å². The molecule has 0 unspecified atom stereocenters. The van der Waals surface area contributed by atoms with Crippen molar-refractivity contribution in [2.45, 2.75) is 76.7 Å². The molecule has 2 amide bonds. The van der Waals surface area contributed by atoms with Gasteiger partial charge < -0.3 is 24.4 Å². The van der Waals surface area contributed by atoms with E-state index >= 15 is 0 Å². The fourth-order valence-electron chi connectivity index (χ4n) is 5.16. The van der Waals surface area contributed by atoms with E-state index in [9.17, 15) is 9.59 Å². The van der Waals surface area contributed by atoms with Gasteiger partial charge in [-0.25, -0.2) is 4.79 Å². The summed E-state index contributed by atoms with van der Waals surface area (Å²) in [7, 11) is 3.32. The number of carbonyl (C=O) groups is 2. The van der Waals surface area contributed by atoms with Crippen molar-refractivity contribution >= 4 is 29.3 Å². The molecule has 1 N–H and O–H groups in total. The normalized spacial score (nSPS) is 34.1. The van der Waals surface area contributed by atoms with Crippen LogP contribution in [0.15, 0.2) is 35.9 Å². The minimum Gasteiger partial charge on any atom is -0.495 e. The van der Waals surface area contributed by atoms with Gasteiger partial charge in [-0.1, -0.05) is 42.3 Å². The van der Waals surface area contributed by atoms with Crippen molar-refractivity contribution < 1.29 is 23.8 Å². The molecule has 4 rings (SSSR count). The Morgan fingerprint density at radius 3 is 2.80 bits per heavy atom. The lowest BCUT2D eigenvalue weighted by atomic mass is 9.86. The minimum atomic E-state index is -0.421. The van der Waals surface area contributed by atoms with Gasteiger partial charge in [-0.2, -0.15) is 0 Å². The second kappa shape index (κ2) is 10.2. The summed E-state index contributed by atoms with van der Waals surface area (Å²) in [5, 5.41) is 3.35. The highest BCUT2D eigenvalue weighted by molar-refractivity contribution is 6.35. The number of hydrogen-bond donors (Lipinski definition) is 1. The van der Waals surface area contributed by atoms with E-state index in [4.69, 9.17) is 25.8 Å². The van der Waals surface area contributed by atoms with Gasteiger partial charge in [-0.3, -0.25) is 4.79 Å². The van der Waals surface area contributed by atoms with Gasteiger partial charge >= 0.3 is 6.09 Å². The first-order valence-electron chi connectivity index (χ1n) is 12.2. The predicted octanol–water partition coefficient (Wildman–Crippen LogP) is 5.20. The van der Waals surface area contributed by atoms with Crippen molar-refractivity contribution in [3.05, 3.63) is 46.5 Å². The minimum absolute atomic E-state index is 0.0130. The molecule has 0 saturated carbocycles. The summed E-state index contributed by atoms with van der Waals surface area (Å²) < 4.78 is 17.2. The van der Waals surface area contributed by atoms with Crippen LogP contribution in [0, 0.1) is 5.92 Å². The number of nitrogens with zero attached hydrogens (tertiary/aromatic N) is 1. The quantitative estimate of drug-likeness (QED) is 0.534. The van der Waals surface area contributed by atoms with Crippen molar-refractivity contribution in [2.24, 2.45) is 5.92 Å². The number of alkyl carbamates (subject to hydrolysis) is 1. The number of allylic oxidation sites excluding steroid dienone is 3. The molecule has 4 bridgehead atoms. The van der Waals surface area contributed by atoms with E-state index in [1.54, 1.807) is 19.1 Å². The Labute approximate surface area is 212 Å². The molecule has 1 aromatic rings. The van der Waals surface area contributed by atoms with Gasteiger partial charge in [0.25, 0.3) is 0 Å². The zero-order valence-electron chi connectivity index (χ0n) is 21.1.